The molecule has 1 amide bonds. The fraction of sp³-hybridized carbons (Fsp3) is 0.853. The molecular weight excluding hydrogens is 486 g/mol. The minimum atomic E-state index is -1.10. The summed E-state index contributed by atoms with van der Waals surface area (Å²) >= 11 is 0. The Morgan fingerprint density at radius 2 is 1.05 bits per heavy atom. The highest BCUT2D eigenvalue weighted by Crippen LogP contribution is 2.13. The van der Waals surface area contributed by atoms with Crippen LogP contribution in [0.2, 0.25) is 0 Å². The average Bonchev–Trinajstić information content (AvgIpc) is 2.94. The van der Waals surface area contributed by atoms with E-state index in [0.29, 0.717) is 6.42 Å². The number of carbonyl (C=O) groups excluding carboxylic acids is 1. The van der Waals surface area contributed by atoms with Crippen LogP contribution in [-0.2, 0) is 4.79 Å². The van der Waals surface area contributed by atoms with Gasteiger partial charge in [-0.2, -0.15) is 0 Å². The number of carbonyl (C=O) groups is 1. The van der Waals surface area contributed by atoms with E-state index in [0.717, 1.165) is 38.5 Å². The molecule has 0 fully saturated rings. The molecule has 39 heavy (non-hydrogen) atoms. The number of allylic oxidation sites excluding steroid dienone is 3. The third-order valence-electron chi connectivity index (χ3n) is 7.54. The molecule has 0 spiro atoms. The second-order valence-electron chi connectivity index (χ2n) is 11.4. The number of rotatable bonds is 29. The summed E-state index contributed by atoms with van der Waals surface area (Å²) in [7, 11) is 0. The van der Waals surface area contributed by atoms with E-state index >= 15 is 0 Å². The monoisotopic (exact) mass is 551 g/mol. The zero-order valence-corrected chi connectivity index (χ0v) is 25.8. The van der Waals surface area contributed by atoms with Crippen LogP contribution in [0.1, 0.15) is 162 Å². The maximum absolute atomic E-state index is 12.3. The Balaban J connectivity index is 3.85. The first-order valence-electron chi connectivity index (χ1n) is 16.7. The number of amides is 1. The average molecular weight is 552 g/mol. The summed E-state index contributed by atoms with van der Waals surface area (Å²) in [6.45, 7) is 4.12. The quantitative estimate of drug-likeness (QED) is 0.0556. The molecule has 5 heteroatoms. The summed E-state index contributed by atoms with van der Waals surface area (Å²) in [6.07, 6.45) is 33.3. The molecule has 0 aliphatic rings. The van der Waals surface area contributed by atoms with Crippen molar-refractivity contribution in [1.82, 2.24) is 5.32 Å². The van der Waals surface area contributed by atoms with Crippen molar-refractivity contribution in [3.05, 3.63) is 24.3 Å². The smallest absolute Gasteiger partial charge is 0.249 e. The summed E-state index contributed by atoms with van der Waals surface area (Å²) in [5.41, 5.74) is 0. The van der Waals surface area contributed by atoms with Gasteiger partial charge in [0.25, 0.3) is 0 Å². The molecule has 0 aliphatic heterocycles. The molecule has 230 valence electrons. The summed E-state index contributed by atoms with van der Waals surface area (Å²) < 4.78 is 0. The van der Waals surface area contributed by atoms with Gasteiger partial charge in [0, 0.05) is 0 Å². The molecule has 0 aromatic rings. The van der Waals surface area contributed by atoms with Gasteiger partial charge >= 0.3 is 0 Å². The van der Waals surface area contributed by atoms with Crippen molar-refractivity contribution in [2.75, 3.05) is 6.61 Å². The van der Waals surface area contributed by atoms with Gasteiger partial charge in [-0.25, -0.2) is 0 Å². The molecule has 3 atom stereocenters. The first kappa shape index (κ1) is 37.8. The van der Waals surface area contributed by atoms with E-state index in [1.54, 1.807) is 6.08 Å². The Labute approximate surface area is 241 Å². The predicted octanol–water partition coefficient (Wildman–Crippen LogP) is 8.31. The Morgan fingerprint density at radius 1 is 0.615 bits per heavy atom. The summed E-state index contributed by atoms with van der Waals surface area (Å²) in [6, 6.07) is -0.807. The van der Waals surface area contributed by atoms with Gasteiger partial charge in [-0.15, -0.1) is 0 Å². The lowest BCUT2D eigenvalue weighted by atomic mass is 10.0. The molecule has 0 rings (SSSR count). The second-order valence-corrected chi connectivity index (χ2v) is 11.4. The van der Waals surface area contributed by atoms with Gasteiger partial charge in [-0.3, -0.25) is 4.79 Å². The number of unbranched alkanes of at least 4 members (excludes halogenated alkanes) is 19. The fourth-order valence-electron chi connectivity index (χ4n) is 4.84. The van der Waals surface area contributed by atoms with Gasteiger partial charge < -0.3 is 20.6 Å². The minimum absolute atomic E-state index is 0.374. The van der Waals surface area contributed by atoms with Gasteiger partial charge in [0.2, 0.25) is 5.91 Å². The van der Waals surface area contributed by atoms with Crippen LogP contribution < -0.4 is 5.32 Å². The van der Waals surface area contributed by atoms with Crippen LogP contribution in [0.5, 0.6) is 0 Å². The van der Waals surface area contributed by atoms with E-state index < -0.39 is 24.2 Å². The number of aliphatic hydroxyl groups is 3. The zero-order valence-electron chi connectivity index (χ0n) is 25.8. The fourth-order valence-corrected chi connectivity index (χ4v) is 4.84. The summed E-state index contributed by atoms with van der Waals surface area (Å²) in [5, 5.41) is 32.8. The first-order valence-corrected chi connectivity index (χ1v) is 16.7. The van der Waals surface area contributed by atoms with Gasteiger partial charge in [0.1, 0.15) is 6.10 Å². The standard InChI is InChI=1S/C34H65NO4/c1-3-5-7-9-11-13-15-17-19-20-22-24-26-28-32(37)31(30-36)35-34(39)33(38)29-27-25-23-21-18-16-14-12-10-8-6-4-2/h19-20,26,28,31-33,36-38H,3-18,21-25,27,29-30H2,1-2H3,(H,35,39)/b20-19+,28-26+. The van der Waals surface area contributed by atoms with Crippen molar-refractivity contribution < 1.29 is 20.1 Å². The van der Waals surface area contributed by atoms with Gasteiger partial charge in [0.05, 0.1) is 18.8 Å². The Hall–Kier alpha value is -1.17. The molecule has 3 unspecified atom stereocenters. The Morgan fingerprint density at radius 3 is 1.56 bits per heavy atom. The van der Waals surface area contributed by atoms with Crippen molar-refractivity contribution in [3.8, 4) is 0 Å². The molecule has 5 nitrogen and oxygen atoms in total. The lowest BCUT2D eigenvalue weighted by Crippen LogP contribution is -2.48. The third kappa shape index (κ3) is 25.5. The van der Waals surface area contributed by atoms with Crippen molar-refractivity contribution in [2.45, 2.75) is 180 Å². The molecule has 0 saturated heterocycles. The second kappa shape index (κ2) is 29.8. The molecule has 4 N–H and O–H groups in total. The molecule has 0 heterocycles. The van der Waals surface area contributed by atoms with Gasteiger partial charge in [-0.05, 0) is 32.1 Å². The molecule has 0 aliphatic carbocycles. The van der Waals surface area contributed by atoms with E-state index in [1.807, 2.05) is 6.08 Å². The topological polar surface area (TPSA) is 89.8 Å². The third-order valence-corrected chi connectivity index (χ3v) is 7.54. The van der Waals surface area contributed by atoms with Gasteiger partial charge in [-0.1, -0.05) is 154 Å². The highest BCUT2D eigenvalue weighted by atomic mass is 16.3. The van der Waals surface area contributed by atoms with Crippen molar-refractivity contribution in [1.29, 1.82) is 0 Å². The van der Waals surface area contributed by atoms with E-state index in [9.17, 15) is 20.1 Å². The van der Waals surface area contributed by atoms with Gasteiger partial charge in [0.15, 0.2) is 0 Å². The normalized spacial score (nSPS) is 14.3. The lowest BCUT2D eigenvalue weighted by molar-refractivity contribution is -0.131. The minimum Gasteiger partial charge on any atom is -0.394 e. The maximum Gasteiger partial charge on any atom is 0.249 e. The number of hydrogen-bond donors (Lipinski definition) is 4. The van der Waals surface area contributed by atoms with Crippen LogP contribution in [0.25, 0.3) is 0 Å². The summed E-state index contributed by atoms with van der Waals surface area (Å²) in [5.74, 6) is -0.516. The first-order chi connectivity index (χ1) is 19.1. The van der Waals surface area contributed by atoms with Crippen LogP contribution >= 0.6 is 0 Å². The van der Waals surface area contributed by atoms with E-state index in [1.165, 1.54) is 103 Å². The number of nitrogens with one attached hydrogen (secondary N) is 1. The van der Waals surface area contributed by atoms with Crippen LogP contribution in [0, 0.1) is 0 Å². The molecule has 0 radical (unpaired) electrons. The van der Waals surface area contributed by atoms with Crippen molar-refractivity contribution in [2.24, 2.45) is 0 Å². The van der Waals surface area contributed by atoms with Crippen LogP contribution in [-0.4, -0.2) is 46.1 Å². The predicted molar refractivity (Wildman–Crippen MR) is 167 cm³/mol. The number of aliphatic hydroxyl groups excluding tert-OH is 3. The Bertz CT molecular complexity index is 578. The van der Waals surface area contributed by atoms with Crippen molar-refractivity contribution in [3.63, 3.8) is 0 Å². The van der Waals surface area contributed by atoms with E-state index in [4.69, 9.17) is 0 Å². The van der Waals surface area contributed by atoms with Crippen molar-refractivity contribution >= 4 is 5.91 Å². The molecule has 0 saturated carbocycles. The molecule has 0 aromatic heterocycles. The van der Waals surface area contributed by atoms with Crippen LogP contribution in [0.15, 0.2) is 24.3 Å². The highest BCUT2D eigenvalue weighted by molar-refractivity contribution is 5.80. The van der Waals surface area contributed by atoms with E-state index in [-0.39, 0.29) is 6.61 Å². The van der Waals surface area contributed by atoms with E-state index in [2.05, 4.69) is 31.3 Å². The van der Waals surface area contributed by atoms with Crippen LogP contribution in [0.3, 0.4) is 0 Å². The maximum atomic E-state index is 12.3. The Kier molecular flexibility index (Phi) is 28.9. The lowest BCUT2D eigenvalue weighted by Gasteiger charge is -2.21. The molecule has 0 aromatic carbocycles. The highest BCUT2D eigenvalue weighted by Gasteiger charge is 2.22. The largest absolute Gasteiger partial charge is 0.394 e. The van der Waals surface area contributed by atoms with Crippen LogP contribution in [0.4, 0.5) is 0 Å². The molecular formula is C34H65NO4. The number of hydrogen-bond acceptors (Lipinski definition) is 4. The molecule has 0 bridgehead atoms. The zero-order chi connectivity index (χ0) is 28.8. The summed E-state index contributed by atoms with van der Waals surface area (Å²) in [4.78, 5) is 12.3. The SMILES string of the molecule is CCCCCCCCC/C=C/CC/C=C/C(O)C(CO)NC(=O)C(O)CCCCCCCCCCCCCC.